The van der Waals surface area contributed by atoms with Crippen molar-refractivity contribution in [2.45, 2.75) is 32.1 Å². The van der Waals surface area contributed by atoms with Gasteiger partial charge in [-0.05, 0) is 11.6 Å². The molecule has 2 aromatic rings. The van der Waals surface area contributed by atoms with Gasteiger partial charge in [-0.15, -0.1) is 19.4 Å². The van der Waals surface area contributed by atoms with Crippen molar-refractivity contribution in [1.82, 2.24) is 19.7 Å². The second-order valence-corrected chi connectivity index (χ2v) is 6.88. The number of aromatic nitrogens is 3. The molecule has 1 aromatic heterocycles. The number of ketones is 1. The van der Waals surface area contributed by atoms with Gasteiger partial charge in [0.15, 0.2) is 5.82 Å². The normalized spacial score (nSPS) is 13.3. The Kier molecular flexibility index (Phi) is 8.00. The second-order valence-electron chi connectivity index (χ2n) is 6.26. The van der Waals surface area contributed by atoms with E-state index in [2.05, 4.69) is 41.8 Å². The molecule has 0 radical (unpaired) electrons. The molecule has 1 aromatic carbocycles. The fraction of sp³-hybridized carbons (Fsp3) is 0.375. The molecule has 0 N–H and O–H groups in total. The number of nitrogens with zero attached hydrogens (tertiary/aromatic N) is 4. The molecular formula is C16H14F5N4O2PS2. The molecule has 14 heteroatoms. The van der Waals surface area contributed by atoms with Crippen LogP contribution in [0.5, 0.6) is 0 Å². The Morgan fingerprint density at radius 3 is 2.40 bits per heavy atom. The van der Waals surface area contributed by atoms with Crippen LogP contribution in [0.4, 0.5) is 22.0 Å². The molecule has 1 aliphatic heterocycles. The van der Waals surface area contributed by atoms with Crippen molar-refractivity contribution >= 4 is 48.6 Å². The molecule has 0 saturated carbocycles. The van der Waals surface area contributed by atoms with Crippen LogP contribution < -0.4 is 5.30 Å². The van der Waals surface area contributed by atoms with E-state index in [-0.39, 0.29) is 36.3 Å². The average molecular weight is 484 g/mol. The molecule has 0 saturated heterocycles. The van der Waals surface area contributed by atoms with Crippen LogP contribution in [0.15, 0.2) is 12.1 Å². The van der Waals surface area contributed by atoms with Gasteiger partial charge in [0.05, 0.1) is 13.0 Å². The lowest BCUT2D eigenvalue weighted by molar-refractivity contribution is -0.148. The Morgan fingerprint density at radius 2 is 1.77 bits per heavy atom. The van der Waals surface area contributed by atoms with E-state index < -0.39 is 48.2 Å². The summed E-state index contributed by atoms with van der Waals surface area (Å²) in [6.45, 7) is -0.406. The summed E-state index contributed by atoms with van der Waals surface area (Å²) < 4.78 is 66.4. The van der Waals surface area contributed by atoms with Gasteiger partial charge in [0.1, 0.15) is 17.4 Å². The molecule has 162 valence electrons. The van der Waals surface area contributed by atoms with Gasteiger partial charge in [-0.2, -0.15) is 13.2 Å². The van der Waals surface area contributed by atoms with Gasteiger partial charge in [-0.25, -0.2) is 8.78 Å². The fourth-order valence-corrected chi connectivity index (χ4v) is 3.17. The Balaban J connectivity index is 0.00000155. The number of halogens is 5. The van der Waals surface area contributed by atoms with Crippen LogP contribution >= 0.6 is 9.24 Å². The van der Waals surface area contributed by atoms with E-state index in [9.17, 15) is 31.5 Å². The third kappa shape index (κ3) is 5.58. The summed E-state index contributed by atoms with van der Waals surface area (Å²) in [5.41, 5.74) is -0.0441. The summed E-state index contributed by atoms with van der Waals surface area (Å²) in [6.07, 6.45) is -5.60. The van der Waals surface area contributed by atoms with Crippen LogP contribution in [0.25, 0.3) is 0 Å². The molecule has 1 atom stereocenters. The van der Waals surface area contributed by atoms with Crippen LogP contribution in [0.1, 0.15) is 23.6 Å². The third-order valence-corrected chi connectivity index (χ3v) is 4.70. The predicted octanol–water partition coefficient (Wildman–Crippen LogP) is 1.61. The quantitative estimate of drug-likeness (QED) is 0.373. The molecule has 0 fully saturated rings. The van der Waals surface area contributed by atoms with Crippen molar-refractivity contribution in [3.05, 3.63) is 41.0 Å². The third-order valence-electron chi connectivity index (χ3n) is 4.26. The van der Waals surface area contributed by atoms with Crippen molar-refractivity contribution in [2.75, 3.05) is 6.54 Å². The maximum atomic E-state index is 13.7. The molecule has 1 amide bonds. The Bertz CT molecular complexity index is 970. The molecule has 2 heterocycles. The van der Waals surface area contributed by atoms with Gasteiger partial charge < -0.3 is 9.47 Å². The minimum atomic E-state index is -4.65. The van der Waals surface area contributed by atoms with E-state index in [0.29, 0.717) is 6.07 Å². The van der Waals surface area contributed by atoms with E-state index in [1.807, 2.05) is 0 Å². The lowest BCUT2D eigenvalue weighted by Crippen LogP contribution is -2.40. The number of rotatable bonds is 4. The average Bonchev–Trinajstić information content (AvgIpc) is 3.11. The van der Waals surface area contributed by atoms with Gasteiger partial charge in [0.25, 0.3) is 0 Å². The first-order chi connectivity index (χ1) is 14.1. The second kappa shape index (κ2) is 9.88. The first kappa shape index (κ1) is 24.3. The maximum Gasteiger partial charge on any atom is 0.451 e. The summed E-state index contributed by atoms with van der Waals surface area (Å²) in [7, 11) is 2.08. The zero-order valence-corrected chi connectivity index (χ0v) is 17.9. The number of carbonyl (C=O) groups excluding carboxylic acids is 2. The van der Waals surface area contributed by atoms with Crippen LogP contribution in [-0.2, 0) is 57.7 Å². The maximum absolute atomic E-state index is 13.7. The highest BCUT2D eigenvalue weighted by Gasteiger charge is 2.40. The number of benzene rings is 1. The Labute approximate surface area is 179 Å². The largest absolute Gasteiger partial charge is 0.451 e. The lowest BCUT2D eigenvalue weighted by Gasteiger charge is -2.28. The smallest absolute Gasteiger partial charge is 0.333 e. The van der Waals surface area contributed by atoms with Gasteiger partial charge in [-0.3, -0.25) is 9.59 Å². The monoisotopic (exact) mass is 484 g/mol. The standard InChI is InChI=1S/C16H14F5N4O2P.S2/c17-10-6-11(18)12(28)4-8(10)3-9(26)5-14(27)24-1-2-25-13(7-24)22-23-15(25)16(19,20)21;1-2/h4,6H,1-3,5,7,28H2;. The molecule has 0 spiro atoms. The number of carbonyl (C=O) groups is 2. The number of Topliss-reactive ketones (excluding diaryl/α,β-unsaturated/α-hetero) is 1. The van der Waals surface area contributed by atoms with E-state index >= 15 is 0 Å². The fourth-order valence-electron chi connectivity index (χ4n) is 2.88. The highest BCUT2D eigenvalue weighted by Crippen LogP contribution is 2.29. The molecule has 0 aliphatic carbocycles. The molecule has 0 bridgehead atoms. The van der Waals surface area contributed by atoms with E-state index in [1.54, 1.807) is 0 Å². The van der Waals surface area contributed by atoms with Gasteiger partial charge in [-0.1, -0.05) is 0 Å². The van der Waals surface area contributed by atoms with Gasteiger partial charge in [0, 0.05) is 53.3 Å². The first-order valence-corrected chi connectivity index (χ1v) is 10.2. The number of amides is 1. The van der Waals surface area contributed by atoms with Gasteiger partial charge in [0.2, 0.25) is 11.7 Å². The van der Waals surface area contributed by atoms with Crippen molar-refractivity contribution in [2.24, 2.45) is 0 Å². The number of fused-ring (bicyclic) bond motifs is 1. The highest BCUT2D eigenvalue weighted by molar-refractivity contribution is 8.07. The zero-order chi connectivity index (χ0) is 22.6. The molecule has 30 heavy (non-hydrogen) atoms. The van der Waals surface area contributed by atoms with E-state index in [1.165, 1.54) is 11.0 Å². The first-order valence-electron chi connectivity index (χ1n) is 8.25. The summed E-state index contributed by atoms with van der Waals surface area (Å²) in [5.74, 6) is -4.03. The van der Waals surface area contributed by atoms with E-state index in [4.69, 9.17) is 0 Å². The summed E-state index contributed by atoms with van der Waals surface area (Å²) in [5, 5.41) is 6.66. The molecule has 1 aliphatic rings. The molecule has 3 rings (SSSR count). The summed E-state index contributed by atoms with van der Waals surface area (Å²) in [4.78, 5) is 25.6. The molecule has 6 nitrogen and oxygen atoms in total. The zero-order valence-electron chi connectivity index (χ0n) is 15.1. The van der Waals surface area contributed by atoms with Crippen LogP contribution in [0.3, 0.4) is 0 Å². The van der Waals surface area contributed by atoms with E-state index in [0.717, 1.165) is 4.57 Å². The lowest BCUT2D eigenvalue weighted by atomic mass is 10.1. The number of hydrogen-bond acceptors (Lipinski definition) is 6. The van der Waals surface area contributed by atoms with Crippen LogP contribution in [0, 0.1) is 11.6 Å². The van der Waals surface area contributed by atoms with Crippen LogP contribution in [0.2, 0.25) is 0 Å². The van der Waals surface area contributed by atoms with Crippen molar-refractivity contribution in [1.29, 1.82) is 0 Å². The predicted molar refractivity (Wildman–Crippen MR) is 104 cm³/mol. The highest BCUT2D eigenvalue weighted by atomic mass is 32.8. The minimum absolute atomic E-state index is 0.0309. The Morgan fingerprint density at radius 1 is 1.10 bits per heavy atom. The topological polar surface area (TPSA) is 68.1 Å². The van der Waals surface area contributed by atoms with Crippen molar-refractivity contribution in [3.8, 4) is 0 Å². The molecule has 1 unspecified atom stereocenters. The Hall–Kier alpha value is -1.98. The van der Waals surface area contributed by atoms with Gasteiger partial charge >= 0.3 is 6.18 Å². The van der Waals surface area contributed by atoms with Crippen molar-refractivity contribution in [3.63, 3.8) is 0 Å². The van der Waals surface area contributed by atoms with Crippen molar-refractivity contribution < 1.29 is 31.5 Å². The summed E-state index contributed by atoms with van der Waals surface area (Å²) in [6, 6.07) is 1.82. The summed E-state index contributed by atoms with van der Waals surface area (Å²) >= 11 is 7.33. The number of hydrogen-bond donors (Lipinski definition) is 0. The molecular weight excluding hydrogens is 470 g/mol. The minimum Gasteiger partial charge on any atom is -0.333 e. The number of alkyl halides is 3. The SMILES string of the molecule is O=C(CC(=O)N1CCn2c(nnc2C(F)(F)F)C1)Cc1cc(P)c(F)cc1F.S=S. The van der Waals surface area contributed by atoms with Crippen LogP contribution in [-0.4, -0.2) is 37.9 Å².